The molecule has 0 atom stereocenters. The van der Waals surface area contributed by atoms with Gasteiger partial charge in [0, 0.05) is 24.2 Å². The molecule has 2 aromatic carbocycles. The maximum absolute atomic E-state index is 13.3. The Hall–Kier alpha value is -2.82. The van der Waals surface area contributed by atoms with Crippen molar-refractivity contribution in [2.24, 2.45) is 0 Å². The van der Waals surface area contributed by atoms with Gasteiger partial charge in [0.15, 0.2) is 11.0 Å². The van der Waals surface area contributed by atoms with Crippen molar-refractivity contribution in [1.29, 1.82) is 0 Å². The van der Waals surface area contributed by atoms with Crippen LogP contribution in [0.5, 0.6) is 5.75 Å². The molecule has 11 heteroatoms. The molecule has 2 aliphatic rings. The second-order valence-corrected chi connectivity index (χ2v) is 12.2. The number of rotatable bonds is 6. The zero-order chi connectivity index (χ0) is 30.4. The number of aryl methyl sites for hydroxylation is 1. The lowest BCUT2D eigenvalue weighted by atomic mass is 10.00. The van der Waals surface area contributed by atoms with Crippen LogP contribution < -0.4 is 10.1 Å². The van der Waals surface area contributed by atoms with Gasteiger partial charge in [-0.25, -0.2) is 4.98 Å². The zero-order valence-electron chi connectivity index (χ0n) is 24.3. The molecule has 0 unspecified atom stereocenters. The average molecular weight is 623 g/mol. The third-order valence-corrected chi connectivity index (χ3v) is 8.52. The number of hydrogen-bond donors (Lipinski definition) is 1. The quantitative estimate of drug-likeness (QED) is 0.279. The van der Waals surface area contributed by atoms with Crippen molar-refractivity contribution >= 4 is 44.2 Å². The van der Waals surface area contributed by atoms with E-state index < -0.39 is 17.6 Å². The third kappa shape index (κ3) is 7.96. The Morgan fingerprint density at radius 2 is 1.79 bits per heavy atom. The van der Waals surface area contributed by atoms with Crippen molar-refractivity contribution in [2.45, 2.75) is 71.5 Å². The van der Waals surface area contributed by atoms with Crippen LogP contribution in [-0.2, 0) is 6.18 Å². The van der Waals surface area contributed by atoms with Gasteiger partial charge in [0.25, 0.3) is 5.91 Å². The topological polar surface area (TPSA) is 57.7 Å². The molecule has 0 radical (unpaired) electrons. The van der Waals surface area contributed by atoms with Gasteiger partial charge in [-0.2, -0.15) is 13.2 Å². The number of piperidine rings is 2. The highest BCUT2D eigenvalue weighted by Crippen LogP contribution is 2.36. The van der Waals surface area contributed by atoms with Gasteiger partial charge in [-0.15, -0.1) is 0 Å². The molecule has 0 saturated carbocycles. The summed E-state index contributed by atoms with van der Waals surface area (Å²) in [5, 5.41) is 3.23. The number of hydrogen-bond acceptors (Lipinski definition) is 6. The largest absolute Gasteiger partial charge is 0.441 e. The monoisotopic (exact) mass is 622 g/mol. The number of aromatic nitrogens is 1. The predicted octanol–water partition coefficient (Wildman–Crippen LogP) is 8.75. The summed E-state index contributed by atoms with van der Waals surface area (Å²) >= 11 is 7.24. The van der Waals surface area contributed by atoms with Gasteiger partial charge in [-0.05, 0) is 88.2 Å². The van der Waals surface area contributed by atoms with Gasteiger partial charge in [-0.3, -0.25) is 10.1 Å². The fraction of sp³-hybridized carbons (Fsp3) is 0.484. The van der Waals surface area contributed by atoms with E-state index >= 15 is 0 Å². The highest BCUT2D eigenvalue weighted by atomic mass is 35.5. The van der Waals surface area contributed by atoms with E-state index in [1.54, 1.807) is 13.0 Å². The summed E-state index contributed by atoms with van der Waals surface area (Å²) in [5.74, 6) is 0.272. The number of thiazole rings is 1. The summed E-state index contributed by atoms with van der Waals surface area (Å²) in [6, 6.07) is 7.08. The minimum Gasteiger partial charge on any atom is -0.441 e. The second-order valence-electron chi connectivity index (χ2n) is 10.8. The molecule has 0 aliphatic carbocycles. The molecule has 2 aliphatic heterocycles. The first-order valence-electron chi connectivity index (χ1n) is 14.4. The summed E-state index contributed by atoms with van der Waals surface area (Å²) in [4.78, 5) is 22.3. The number of ether oxygens (including phenoxy) is 1. The number of nitrogens with one attached hydrogen (secondary N) is 1. The van der Waals surface area contributed by atoms with Gasteiger partial charge < -0.3 is 14.5 Å². The van der Waals surface area contributed by atoms with E-state index in [4.69, 9.17) is 16.3 Å². The van der Waals surface area contributed by atoms with E-state index in [2.05, 4.69) is 40.5 Å². The first kappa shape index (κ1) is 32.1. The minimum atomic E-state index is -4.46. The Morgan fingerprint density at radius 1 is 1.12 bits per heavy atom. The van der Waals surface area contributed by atoms with Gasteiger partial charge in [-0.1, -0.05) is 49.6 Å². The highest BCUT2D eigenvalue weighted by molar-refractivity contribution is 7.22. The van der Waals surface area contributed by atoms with E-state index in [0.717, 1.165) is 49.4 Å². The van der Waals surface area contributed by atoms with Crippen molar-refractivity contribution in [1.82, 2.24) is 14.8 Å². The number of likely N-dealkylation sites (tertiary alicyclic amines) is 2. The first-order valence-corrected chi connectivity index (χ1v) is 15.6. The normalized spacial score (nSPS) is 16.6. The molecule has 5 rings (SSSR count). The molecule has 3 aromatic rings. The summed E-state index contributed by atoms with van der Waals surface area (Å²) in [6.45, 7) is 14.2. The van der Waals surface area contributed by atoms with Crippen LogP contribution in [0.15, 0.2) is 42.8 Å². The number of fused-ring (bicyclic) bond motifs is 1. The molecule has 1 amide bonds. The van der Waals surface area contributed by atoms with Crippen LogP contribution >= 0.6 is 22.9 Å². The second kappa shape index (κ2) is 14.1. The molecule has 228 valence electrons. The average Bonchev–Trinajstić information content (AvgIpc) is 3.36. The third-order valence-electron chi connectivity index (χ3n) is 7.36. The number of anilines is 1. The SMILES string of the molecule is C=C(Oc1c(C)cc(Cl)cc1C(=O)Nc1nc2ccc(C(F)(F)F)cc2s1)N1CCC(N2CCCCC2)CC1.CCC. The molecule has 42 heavy (non-hydrogen) atoms. The van der Waals surface area contributed by atoms with Crippen molar-refractivity contribution in [3.8, 4) is 5.75 Å². The number of nitrogens with zero attached hydrogens (tertiary/aromatic N) is 3. The lowest BCUT2D eigenvalue weighted by Gasteiger charge is -2.41. The van der Waals surface area contributed by atoms with E-state index in [1.165, 1.54) is 50.9 Å². The van der Waals surface area contributed by atoms with Crippen molar-refractivity contribution in [2.75, 3.05) is 31.5 Å². The van der Waals surface area contributed by atoms with Gasteiger partial charge >= 0.3 is 6.18 Å². The Bertz CT molecular complexity index is 1400. The van der Waals surface area contributed by atoms with Crippen LogP contribution in [-0.4, -0.2) is 52.9 Å². The summed E-state index contributed by atoms with van der Waals surface area (Å²) in [7, 11) is 0. The molecule has 6 nitrogen and oxygen atoms in total. The molecule has 1 aromatic heterocycles. The number of carbonyl (C=O) groups is 1. The fourth-order valence-corrected chi connectivity index (χ4v) is 6.47. The van der Waals surface area contributed by atoms with Crippen LogP contribution in [0.4, 0.5) is 18.3 Å². The number of alkyl halides is 3. The molecule has 1 N–H and O–H groups in total. The highest BCUT2D eigenvalue weighted by Gasteiger charge is 2.31. The van der Waals surface area contributed by atoms with E-state index in [1.807, 2.05) is 0 Å². The van der Waals surface area contributed by atoms with Crippen molar-refractivity contribution in [3.05, 3.63) is 64.5 Å². The minimum absolute atomic E-state index is 0.177. The van der Waals surface area contributed by atoms with Crippen LogP contribution in [0.25, 0.3) is 10.2 Å². The molecule has 2 fully saturated rings. The molecule has 2 saturated heterocycles. The number of halogens is 4. The van der Waals surface area contributed by atoms with Gasteiger partial charge in [0.05, 0.1) is 21.3 Å². The van der Waals surface area contributed by atoms with Crippen LogP contribution in [0, 0.1) is 6.92 Å². The number of benzene rings is 2. The molecule has 3 heterocycles. The predicted molar refractivity (Wildman–Crippen MR) is 165 cm³/mol. The van der Waals surface area contributed by atoms with Crippen LogP contribution in [0.1, 0.15) is 73.9 Å². The van der Waals surface area contributed by atoms with Crippen molar-refractivity contribution < 1.29 is 22.7 Å². The first-order chi connectivity index (χ1) is 20.0. The van der Waals surface area contributed by atoms with Gasteiger partial charge in [0.1, 0.15) is 5.75 Å². The molecule has 0 bridgehead atoms. The zero-order valence-corrected chi connectivity index (χ0v) is 25.9. The van der Waals surface area contributed by atoms with Crippen molar-refractivity contribution in [3.63, 3.8) is 0 Å². The lowest BCUT2D eigenvalue weighted by molar-refractivity contribution is -0.137. The Labute approximate surface area is 254 Å². The van der Waals surface area contributed by atoms with Crippen LogP contribution in [0.2, 0.25) is 5.02 Å². The standard InChI is InChI=1S/C28H30ClF3N4O2S.C3H8/c1-17-14-20(29)16-22(26(37)34-27-33-23-7-6-19(28(30,31)32)15-24(23)39-27)25(17)38-18(2)35-12-8-21(9-13-35)36-10-4-3-5-11-36;1-3-2/h6-7,14-16,21H,2-5,8-13H2,1H3,(H,33,34,37);3H2,1-2H3. The fourth-order valence-electron chi connectivity index (χ4n) is 5.30. The van der Waals surface area contributed by atoms with E-state index in [-0.39, 0.29) is 10.7 Å². The van der Waals surface area contributed by atoms with E-state index in [0.29, 0.717) is 38.5 Å². The lowest BCUT2D eigenvalue weighted by Crippen LogP contribution is -2.46. The number of carbonyl (C=O) groups excluding carboxylic acids is 1. The Morgan fingerprint density at radius 3 is 2.43 bits per heavy atom. The molecule has 0 spiro atoms. The van der Waals surface area contributed by atoms with E-state index in [9.17, 15) is 18.0 Å². The van der Waals surface area contributed by atoms with Gasteiger partial charge in [0.2, 0.25) is 0 Å². The summed E-state index contributed by atoms with van der Waals surface area (Å²) < 4.78 is 45.8. The summed E-state index contributed by atoms with van der Waals surface area (Å²) in [5.41, 5.74) is 0.454. The van der Waals surface area contributed by atoms with Crippen LogP contribution in [0.3, 0.4) is 0 Å². The Balaban J connectivity index is 0.00000129. The maximum atomic E-state index is 13.3. The number of amides is 1. The Kier molecular flexibility index (Phi) is 10.8. The molecular weight excluding hydrogens is 585 g/mol. The maximum Gasteiger partial charge on any atom is 0.416 e. The smallest absolute Gasteiger partial charge is 0.416 e. The molecular formula is C31H38ClF3N4O2S. The summed E-state index contributed by atoms with van der Waals surface area (Å²) in [6.07, 6.45) is 2.70.